The van der Waals surface area contributed by atoms with E-state index in [1.807, 2.05) is 20.8 Å². The van der Waals surface area contributed by atoms with Crippen molar-refractivity contribution in [2.75, 3.05) is 0 Å². The summed E-state index contributed by atoms with van der Waals surface area (Å²) >= 11 is 0. The Morgan fingerprint density at radius 3 is 2.04 bits per heavy atom. The number of ether oxygens (including phenoxy) is 3. The van der Waals surface area contributed by atoms with Gasteiger partial charge in [-0.2, -0.15) is 0 Å². The number of carbonyl (C=O) groups excluding carboxylic acids is 3. The summed E-state index contributed by atoms with van der Waals surface area (Å²) in [5, 5.41) is 2.88. The minimum Gasteiger partial charge on any atom is -0.444 e. The van der Waals surface area contributed by atoms with E-state index in [0.29, 0.717) is 5.57 Å². The third-order valence-corrected chi connectivity index (χ3v) is 4.54. The van der Waals surface area contributed by atoms with E-state index in [4.69, 9.17) is 14.2 Å². The topological polar surface area (TPSA) is 90.9 Å². The summed E-state index contributed by atoms with van der Waals surface area (Å²) in [5.41, 5.74) is 0.178. The smallest absolute Gasteiger partial charge is 0.407 e. The van der Waals surface area contributed by atoms with E-state index in [-0.39, 0.29) is 17.5 Å². The third-order valence-electron chi connectivity index (χ3n) is 4.54. The molecule has 0 bridgehead atoms. The van der Waals surface area contributed by atoms with Crippen molar-refractivity contribution in [3.63, 3.8) is 0 Å². The molecule has 1 amide bonds. The Morgan fingerprint density at radius 1 is 1.08 bits per heavy atom. The van der Waals surface area contributed by atoms with E-state index in [1.165, 1.54) is 13.8 Å². The summed E-state index contributed by atoms with van der Waals surface area (Å²) in [7, 11) is 0. The van der Waals surface area contributed by atoms with Crippen LogP contribution in [0.3, 0.4) is 0 Å². The highest BCUT2D eigenvalue weighted by molar-refractivity contribution is 6.16. The molecule has 1 heterocycles. The molecule has 0 radical (unpaired) electrons. The lowest BCUT2D eigenvalue weighted by Crippen LogP contribution is -2.43. The molecular formula is C19H29NO6. The van der Waals surface area contributed by atoms with Crippen LogP contribution in [-0.2, 0) is 23.8 Å². The average Bonchev–Trinajstić information content (AvgIpc) is 2.43. The maximum Gasteiger partial charge on any atom is 0.407 e. The Labute approximate surface area is 154 Å². The van der Waals surface area contributed by atoms with Crippen molar-refractivity contribution in [1.29, 1.82) is 0 Å². The number of alkyl carbamates (subject to hydrolysis) is 1. The highest BCUT2D eigenvalue weighted by Gasteiger charge is 2.41. The van der Waals surface area contributed by atoms with E-state index < -0.39 is 29.4 Å². The average molecular weight is 367 g/mol. The van der Waals surface area contributed by atoms with E-state index in [0.717, 1.165) is 25.7 Å². The minimum atomic E-state index is -1.23. The second-order valence-electron chi connectivity index (χ2n) is 8.43. The van der Waals surface area contributed by atoms with Crippen molar-refractivity contribution >= 4 is 18.0 Å². The number of allylic oxidation sites excluding steroid dienone is 1. The Balaban J connectivity index is 1.96. The first-order valence-corrected chi connectivity index (χ1v) is 9.05. The molecule has 2 rings (SSSR count). The number of hydrogen-bond acceptors (Lipinski definition) is 6. The van der Waals surface area contributed by atoms with Crippen LogP contribution < -0.4 is 5.32 Å². The van der Waals surface area contributed by atoms with Gasteiger partial charge in [0.15, 0.2) is 0 Å². The lowest BCUT2D eigenvalue weighted by Gasteiger charge is -2.34. The lowest BCUT2D eigenvalue weighted by atomic mass is 9.80. The second-order valence-corrected chi connectivity index (χ2v) is 8.43. The van der Waals surface area contributed by atoms with Gasteiger partial charge < -0.3 is 19.5 Å². The number of amides is 1. The van der Waals surface area contributed by atoms with Gasteiger partial charge in [-0.3, -0.25) is 0 Å². The molecule has 0 atom stereocenters. The number of hydrogen-bond donors (Lipinski definition) is 1. The first-order valence-electron chi connectivity index (χ1n) is 9.05. The van der Waals surface area contributed by atoms with Gasteiger partial charge in [-0.1, -0.05) is 0 Å². The lowest BCUT2D eigenvalue weighted by molar-refractivity contribution is -0.222. The highest BCUT2D eigenvalue weighted by Crippen LogP contribution is 2.34. The molecule has 1 N–H and O–H groups in total. The molecule has 1 saturated heterocycles. The quantitative estimate of drug-likeness (QED) is 0.458. The number of nitrogens with one attached hydrogen (secondary N) is 1. The van der Waals surface area contributed by atoms with Gasteiger partial charge in [0.2, 0.25) is 0 Å². The van der Waals surface area contributed by atoms with Crippen LogP contribution in [0.15, 0.2) is 11.1 Å². The minimum absolute atomic E-state index is 0.00729. The zero-order valence-corrected chi connectivity index (χ0v) is 16.4. The zero-order valence-electron chi connectivity index (χ0n) is 16.4. The number of carbonyl (C=O) groups is 3. The molecule has 0 spiro atoms. The fourth-order valence-corrected chi connectivity index (χ4v) is 3.32. The molecule has 7 heteroatoms. The van der Waals surface area contributed by atoms with Crippen LogP contribution in [-0.4, -0.2) is 35.5 Å². The summed E-state index contributed by atoms with van der Waals surface area (Å²) in [6, 6.07) is 0.0306. The zero-order chi connectivity index (χ0) is 19.7. The largest absolute Gasteiger partial charge is 0.444 e. The Bertz CT molecular complexity index is 598. The maximum atomic E-state index is 12.2. The molecule has 1 aliphatic carbocycles. The number of cyclic esters (lactones) is 2. The predicted molar refractivity (Wildman–Crippen MR) is 94.1 cm³/mol. The van der Waals surface area contributed by atoms with Crippen molar-refractivity contribution in [3.05, 3.63) is 11.1 Å². The van der Waals surface area contributed by atoms with Crippen LogP contribution in [0.1, 0.15) is 67.2 Å². The van der Waals surface area contributed by atoms with Crippen LogP contribution in [0, 0.1) is 5.92 Å². The summed E-state index contributed by atoms with van der Waals surface area (Å²) in [6.07, 6.45) is 2.62. The summed E-state index contributed by atoms with van der Waals surface area (Å²) < 4.78 is 15.6. The standard InChI is InChI=1S/C19H29NO6/c1-11(14-15(21)24-19(5,6)25-16(14)22)12-7-9-13(10-8-12)20-17(23)26-18(2,3)4/h12-13H,7-10H2,1-6H3,(H,20,23). The van der Waals surface area contributed by atoms with Crippen LogP contribution >= 0.6 is 0 Å². The molecule has 1 saturated carbocycles. The maximum absolute atomic E-state index is 12.2. The Morgan fingerprint density at radius 2 is 1.58 bits per heavy atom. The third kappa shape index (κ3) is 5.22. The van der Waals surface area contributed by atoms with Crippen LogP contribution in [0.4, 0.5) is 4.79 Å². The van der Waals surface area contributed by atoms with Gasteiger partial charge in [-0.15, -0.1) is 0 Å². The molecule has 2 fully saturated rings. The van der Waals surface area contributed by atoms with Crippen molar-refractivity contribution < 1.29 is 28.6 Å². The van der Waals surface area contributed by atoms with Gasteiger partial charge in [-0.05, 0) is 64.9 Å². The first kappa shape index (κ1) is 20.3. The van der Waals surface area contributed by atoms with Gasteiger partial charge in [0.1, 0.15) is 11.2 Å². The van der Waals surface area contributed by atoms with Crippen molar-refractivity contribution in [1.82, 2.24) is 5.32 Å². The molecule has 7 nitrogen and oxygen atoms in total. The van der Waals surface area contributed by atoms with E-state index in [1.54, 1.807) is 6.92 Å². The predicted octanol–water partition coefficient (Wildman–Crippen LogP) is 3.22. The highest BCUT2D eigenvalue weighted by atomic mass is 16.7. The van der Waals surface area contributed by atoms with Crippen LogP contribution in [0.25, 0.3) is 0 Å². The molecule has 2 aliphatic rings. The number of esters is 2. The monoisotopic (exact) mass is 367 g/mol. The normalized spacial score (nSPS) is 25.8. The van der Waals surface area contributed by atoms with E-state index in [9.17, 15) is 14.4 Å². The first-order chi connectivity index (χ1) is 11.9. The SMILES string of the molecule is CC(=C1C(=O)OC(C)(C)OC1=O)C1CCC(NC(=O)OC(C)(C)C)CC1. The Kier molecular flexibility index (Phi) is 5.68. The fraction of sp³-hybridized carbons (Fsp3) is 0.737. The van der Waals surface area contributed by atoms with Gasteiger partial charge in [-0.25, -0.2) is 14.4 Å². The molecule has 0 aromatic heterocycles. The fourth-order valence-electron chi connectivity index (χ4n) is 3.32. The molecule has 146 valence electrons. The van der Waals surface area contributed by atoms with Crippen molar-refractivity contribution in [3.8, 4) is 0 Å². The van der Waals surface area contributed by atoms with Gasteiger partial charge >= 0.3 is 18.0 Å². The Hall–Kier alpha value is -2.05. The summed E-state index contributed by atoms with van der Waals surface area (Å²) in [6.45, 7) is 10.3. The van der Waals surface area contributed by atoms with Crippen molar-refractivity contribution in [2.45, 2.75) is 84.7 Å². The second kappa shape index (κ2) is 7.29. The molecule has 26 heavy (non-hydrogen) atoms. The summed E-state index contributed by atoms with van der Waals surface area (Å²) in [4.78, 5) is 36.3. The number of rotatable bonds is 2. The van der Waals surface area contributed by atoms with Gasteiger partial charge in [0, 0.05) is 19.9 Å². The molecular weight excluding hydrogens is 338 g/mol. The van der Waals surface area contributed by atoms with Gasteiger partial charge in [0.05, 0.1) is 0 Å². The molecule has 0 aromatic carbocycles. The molecule has 0 aromatic rings. The van der Waals surface area contributed by atoms with Crippen molar-refractivity contribution in [2.24, 2.45) is 5.92 Å². The summed E-state index contributed by atoms with van der Waals surface area (Å²) in [5.74, 6) is -2.40. The van der Waals surface area contributed by atoms with Gasteiger partial charge in [0.25, 0.3) is 5.79 Å². The van der Waals surface area contributed by atoms with Crippen LogP contribution in [0.2, 0.25) is 0 Å². The van der Waals surface area contributed by atoms with E-state index >= 15 is 0 Å². The molecule has 0 unspecified atom stereocenters. The molecule has 1 aliphatic heterocycles. The van der Waals surface area contributed by atoms with Crippen LogP contribution in [0.5, 0.6) is 0 Å². The van der Waals surface area contributed by atoms with E-state index in [2.05, 4.69) is 5.32 Å².